The molecule has 0 N–H and O–H groups in total. The number of unbranched alkanes of at least 4 members (excludes halogenated alkanes) is 13. The molecule has 0 atom stereocenters. The maximum Gasteiger partial charge on any atom is 2.00 e. The first-order chi connectivity index (χ1) is 27.3. The predicted octanol–water partition coefficient (Wildman–Crippen LogP) is 16.7. The van der Waals surface area contributed by atoms with Crippen LogP contribution < -0.4 is 0 Å². The van der Waals surface area contributed by atoms with Gasteiger partial charge in [0.15, 0.2) is 0 Å². The van der Waals surface area contributed by atoms with Crippen LogP contribution in [0.5, 0.6) is 0 Å². The van der Waals surface area contributed by atoms with Gasteiger partial charge in [0.2, 0.25) is 11.4 Å². The Morgan fingerprint density at radius 2 is 0.825 bits per heavy atom. The second kappa shape index (κ2) is 34.9. The molecule has 0 unspecified atom stereocenters. The Balaban J connectivity index is 0.00000420. The van der Waals surface area contributed by atoms with Crippen molar-refractivity contribution < 1.29 is 21.2 Å². The van der Waals surface area contributed by atoms with Gasteiger partial charge in [-0.15, -0.1) is 0 Å². The summed E-state index contributed by atoms with van der Waals surface area (Å²) in [6.07, 6.45) is 45.5. The fourth-order valence-corrected chi connectivity index (χ4v) is 7.60. The molecule has 3 heteroatoms. The van der Waals surface area contributed by atoms with Gasteiger partial charge in [-0.05, 0) is 131 Å². The second-order valence-electron chi connectivity index (χ2n) is 15.6. The van der Waals surface area contributed by atoms with Gasteiger partial charge in [-0.3, -0.25) is 0 Å². The number of hydrogen-bond acceptors (Lipinski definition) is 0. The van der Waals surface area contributed by atoms with Crippen LogP contribution in [0.15, 0.2) is 59.7 Å². The van der Waals surface area contributed by atoms with Crippen molar-refractivity contribution in [1.29, 1.82) is 0 Å². The molecule has 0 spiro atoms. The van der Waals surface area contributed by atoms with Gasteiger partial charge in [-0.2, -0.15) is 0 Å². The fourth-order valence-electron chi connectivity index (χ4n) is 7.60. The summed E-state index contributed by atoms with van der Waals surface area (Å²) >= 11 is 0. The standard InChI is InChI=1S/C48H74N2.2C3H3.Ni/c1-7-13-19-22-23-26-32-46-45(31-18-12-6)47(43-35-39(27-16-10-4)33-41(37-43)29-24-20-14-8-2)50(49)48(46)44-36-40(28-17-11-5)34-42(38-44)30-25-21-15-9-3;2*1-3-2;/h18,31,33-38H,7-17,19-30,32H2,1-6H3;2*1H3;/q;2*-1;+2. The van der Waals surface area contributed by atoms with E-state index in [0.29, 0.717) is 0 Å². The molecule has 1 heterocycles. The van der Waals surface area contributed by atoms with E-state index in [1.807, 2.05) is 11.8 Å². The maximum atomic E-state index is 12.6. The molecular weight excluding hydrogens is 735 g/mol. The van der Waals surface area contributed by atoms with Gasteiger partial charge in [-0.25, -0.2) is 4.70 Å². The average Bonchev–Trinajstić information content (AvgIpc) is 3.47. The summed E-state index contributed by atoms with van der Waals surface area (Å²) < 4.78 is 1.63. The van der Waals surface area contributed by atoms with Crippen LogP contribution in [-0.2, 0) is 42.2 Å². The number of benzene rings is 2. The molecule has 2 aromatic rings. The third kappa shape index (κ3) is 20.9. The number of allylic oxidation sites excluding steroid dienone is 4. The van der Waals surface area contributed by atoms with Crippen LogP contribution in [0.1, 0.15) is 217 Å². The Morgan fingerprint density at radius 3 is 1.23 bits per heavy atom. The first-order valence-corrected chi connectivity index (χ1v) is 22.9. The summed E-state index contributed by atoms with van der Waals surface area (Å²) in [5.74, 6) is 4.00. The molecule has 0 radical (unpaired) electrons. The summed E-state index contributed by atoms with van der Waals surface area (Å²) in [6.45, 7) is 16.8. The minimum atomic E-state index is 0. The van der Waals surface area contributed by atoms with E-state index in [0.717, 1.165) is 56.3 Å². The van der Waals surface area contributed by atoms with E-state index < -0.39 is 0 Å². The second-order valence-corrected chi connectivity index (χ2v) is 15.6. The zero-order chi connectivity index (χ0) is 41.4. The largest absolute Gasteiger partial charge is 2.00 e. The SMILES string of the molecule is CCC=CC1=C(c2cc(CCCC)cc(CCCCCC)c2)[N+](=[N-])C(c2cc(CCCC)cc(CCCCCC)c2)=C1CCCCCCCC.[C-]#CC.[C-]#CC.[Ni+2]. The van der Waals surface area contributed by atoms with Crippen molar-refractivity contribution in [2.75, 3.05) is 0 Å². The van der Waals surface area contributed by atoms with Gasteiger partial charge >= 0.3 is 16.5 Å². The van der Waals surface area contributed by atoms with Crippen molar-refractivity contribution in [3.05, 3.63) is 111 Å². The van der Waals surface area contributed by atoms with Gasteiger partial charge < -0.3 is 30.2 Å². The molecule has 0 saturated heterocycles. The van der Waals surface area contributed by atoms with E-state index in [1.54, 1.807) is 18.5 Å². The number of nitrogens with zero attached hydrogens (tertiary/aromatic N) is 2. The summed E-state index contributed by atoms with van der Waals surface area (Å²) in [5.41, 5.74) is 25.2. The molecule has 57 heavy (non-hydrogen) atoms. The van der Waals surface area contributed by atoms with Crippen LogP contribution in [-0.4, -0.2) is 4.70 Å². The van der Waals surface area contributed by atoms with Gasteiger partial charge in [0.05, 0.1) is 5.57 Å². The first kappa shape index (κ1) is 53.9. The van der Waals surface area contributed by atoms with Crippen molar-refractivity contribution in [3.8, 4) is 11.8 Å². The molecule has 2 nitrogen and oxygen atoms in total. The maximum absolute atomic E-state index is 12.6. The van der Waals surface area contributed by atoms with Gasteiger partial charge in [0.25, 0.3) is 0 Å². The Bertz CT molecular complexity index is 1560. The topological polar surface area (TPSA) is 25.3 Å². The first-order valence-electron chi connectivity index (χ1n) is 22.9. The summed E-state index contributed by atoms with van der Waals surface area (Å²) in [7, 11) is 0. The zero-order valence-electron chi connectivity index (χ0n) is 37.8. The van der Waals surface area contributed by atoms with Crippen LogP contribution in [0.25, 0.3) is 16.9 Å². The molecule has 0 fully saturated rings. The summed E-state index contributed by atoms with van der Waals surface area (Å²) in [4.78, 5) is 0. The average molecular weight is 816 g/mol. The third-order valence-corrected chi connectivity index (χ3v) is 10.5. The molecule has 316 valence electrons. The Morgan fingerprint density at radius 1 is 0.491 bits per heavy atom. The van der Waals surface area contributed by atoms with E-state index in [1.165, 1.54) is 154 Å². The van der Waals surface area contributed by atoms with Crippen molar-refractivity contribution in [3.63, 3.8) is 0 Å². The van der Waals surface area contributed by atoms with Crippen LogP contribution in [0.3, 0.4) is 0 Å². The van der Waals surface area contributed by atoms with E-state index in [2.05, 4.69) is 90.1 Å². The van der Waals surface area contributed by atoms with Crippen molar-refractivity contribution in [2.24, 2.45) is 0 Å². The molecule has 1 aliphatic heterocycles. The molecule has 1 aliphatic rings. The van der Waals surface area contributed by atoms with Crippen molar-refractivity contribution in [1.82, 2.24) is 0 Å². The van der Waals surface area contributed by atoms with E-state index in [-0.39, 0.29) is 16.5 Å². The van der Waals surface area contributed by atoms with Crippen LogP contribution in [0.2, 0.25) is 0 Å². The molecule has 2 aromatic carbocycles. The van der Waals surface area contributed by atoms with Gasteiger partial charge in [-0.1, -0.05) is 149 Å². The quantitative estimate of drug-likeness (QED) is 0.0282. The third-order valence-electron chi connectivity index (χ3n) is 10.5. The molecular formula is C54H80N2Ni. The molecule has 3 rings (SSSR count). The minimum Gasteiger partial charge on any atom is -0.694 e. The Kier molecular flexibility index (Phi) is 33.0. The number of aryl methyl sites for hydroxylation is 4. The molecule has 0 aromatic heterocycles. The smallest absolute Gasteiger partial charge is 0.694 e. The zero-order valence-corrected chi connectivity index (χ0v) is 38.8. The molecule has 0 bridgehead atoms. The summed E-state index contributed by atoms with van der Waals surface area (Å²) in [6, 6.07) is 14.5. The number of rotatable bonds is 27. The molecule has 0 aliphatic carbocycles. The van der Waals surface area contributed by atoms with Crippen LogP contribution >= 0.6 is 0 Å². The monoisotopic (exact) mass is 815 g/mol. The van der Waals surface area contributed by atoms with E-state index in [9.17, 15) is 5.53 Å². The van der Waals surface area contributed by atoms with Gasteiger partial charge in [0.1, 0.15) is 0 Å². The van der Waals surface area contributed by atoms with Crippen LogP contribution in [0, 0.1) is 24.7 Å². The van der Waals surface area contributed by atoms with Crippen molar-refractivity contribution in [2.45, 2.75) is 209 Å². The summed E-state index contributed by atoms with van der Waals surface area (Å²) in [5, 5.41) is 0. The van der Waals surface area contributed by atoms with Gasteiger partial charge in [0, 0.05) is 16.7 Å². The van der Waals surface area contributed by atoms with Crippen molar-refractivity contribution >= 4 is 11.4 Å². The Labute approximate surface area is 363 Å². The Hall–Kier alpha value is -3.13. The fraction of sp³-hybridized carbons (Fsp3) is 0.593. The van der Waals surface area contributed by atoms with Crippen LogP contribution in [0.4, 0.5) is 0 Å². The molecule has 0 amide bonds. The number of hydrogen-bond donors (Lipinski definition) is 0. The predicted molar refractivity (Wildman–Crippen MR) is 246 cm³/mol. The van der Waals surface area contributed by atoms with E-state index in [4.69, 9.17) is 12.8 Å². The van der Waals surface area contributed by atoms with E-state index >= 15 is 0 Å². The normalized spacial score (nSPS) is 12.1. The minimum absolute atomic E-state index is 0. The molecule has 0 saturated carbocycles.